The first kappa shape index (κ1) is 14.0. The molecule has 0 fully saturated rings. The van der Waals surface area contributed by atoms with E-state index in [0.717, 1.165) is 11.1 Å². The molecule has 0 bridgehead atoms. The molecule has 0 heterocycles. The third kappa shape index (κ3) is 2.61. The van der Waals surface area contributed by atoms with Gasteiger partial charge in [0.2, 0.25) is 0 Å². The van der Waals surface area contributed by atoms with Gasteiger partial charge in [-0.05, 0) is 43.5 Å². The minimum atomic E-state index is -3.30. The van der Waals surface area contributed by atoms with Crippen LogP contribution in [0, 0.1) is 20.8 Å². The predicted molar refractivity (Wildman–Crippen MR) is 68.3 cm³/mol. The first-order valence-corrected chi connectivity index (χ1v) is 7.08. The van der Waals surface area contributed by atoms with Gasteiger partial charge in [0, 0.05) is 6.54 Å². The standard InChI is InChI=1S/C12H19NO3S/c1-8-7-11(16-4)9(2)10(3)12(8)17(14,15)6-5-13/h7H,5-6,13H2,1-4H3. The van der Waals surface area contributed by atoms with E-state index in [9.17, 15) is 8.42 Å². The van der Waals surface area contributed by atoms with Gasteiger partial charge in [-0.2, -0.15) is 0 Å². The lowest BCUT2D eigenvalue weighted by Gasteiger charge is -2.15. The lowest BCUT2D eigenvalue weighted by Crippen LogP contribution is -2.18. The first-order chi connectivity index (χ1) is 7.85. The Morgan fingerprint density at radius 1 is 1.24 bits per heavy atom. The molecule has 0 atom stereocenters. The minimum absolute atomic E-state index is 0.0273. The minimum Gasteiger partial charge on any atom is -0.496 e. The Bertz CT molecular complexity index is 521. The molecule has 0 spiro atoms. The summed E-state index contributed by atoms with van der Waals surface area (Å²) < 4.78 is 29.4. The number of nitrogens with two attached hydrogens (primary N) is 1. The zero-order valence-electron chi connectivity index (χ0n) is 10.7. The summed E-state index contributed by atoms with van der Waals surface area (Å²) in [5.41, 5.74) is 7.65. The van der Waals surface area contributed by atoms with Crippen LogP contribution in [0.4, 0.5) is 0 Å². The molecule has 0 unspecified atom stereocenters. The molecule has 0 aliphatic carbocycles. The predicted octanol–water partition coefficient (Wildman–Crippen LogP) is 1.35. The Hall–Kier alpha value is -1.07. The Morgan fingerprint density at radius 2 is 1.82 bits per heavy atom. The monoisotopic (exact) mass is 257 g/mol. The number of sulfone groups is 1. The van der Waals surface area contributed by atoms with Crippen LogP contribution in [0.25, 0.3) is 0 Å². The van der Waals surface area contributed by atoms with Crippen molar-refractivity contribution in [1.82, 2.24) is 0 Å². The second-order valence-corrected chi connectivity index (χ2v) is 6.13. The molecule has 1 aromatic carbocycles. The molecule has 0 aliphatic heterocycles. The van der Waals surface area contributed by atoms with Gasteiger partial charge in [0.05, 0.1) is 17.8 Å². The molecule has 0 amide bonds. The van der Waals surface area contributed by atoms with Gasteiger partial charge in [-0.3, -0.25) is 0 Å². The van der Waals surface area contributed by atoms with E-state index in [0.29, 0.717) is 16.2 Å². The molecule has 4 nitrogen and oxygen atoms in total. The fourth-order valence-corrected chi connectivity index (χ4v) is 3.65. The van der Waals surface area contributed by atoms with Gasteiger partial charge in [0.25, 0.3) is 0 Å². The summed E-state index contributed by atoms with van der Waals surface area (Å²) in [5.74, 6) is 0.687. The summed E-state index contributed by atoms with van der Waals surface area (Å²) >= 11 is 0. The number of ether oxygens (including phenoxy) is 1. The summed E-state index contributed by atoms with van der Waals surface area (Å²) in [6, 6.07) is 1.76. The summed E-state index contributed by atoms with van der Waals surface area (Å²) in [4.78, 5) is 0.390. The maximum atomic E-state index is 12.1. The Morgan fingerprint density at radius 3 is 2.29 bits per heavy atom. The van der Waals surface area contributed by atoms with E-state index in [4.69, 9.17) is 10.5 Å². The quantitative estimate of drug-likeness (QED) is 0.884. The van der Waals surface area contributed by atoms with Crippen molar-refractivity contribution in [2.75, 3.05) is 19.4 Å². The van der Waals surface area contributed by atoms with E-state index in [-0.39, 0.29) is 12.3 Å². The molecule has 0 aromatic heterocycles. The van der Waals surface area contributed by atoms with Gasteiger partial charge in [-0.1, -0.05) is 0 Å². The summed E-state index contributed by atoms with van der Waals surface area (Å²) in [6.07, 6.45) is 0. The highest BCUT2D eigenvalue weighted by Gasteiger charge is 2.21. The van der Waals surface area contributed by atoms with Crippen molar-refractivity contribution in [3.8, 4) is 5.75 Å². The molecule has 5 heteroatoms. The van der Waals surface area contributed by atoms with E-state index in [2.05, 4.69) is 0 Å². The Labute approximate surface area is 103 Å². The van der Waals surface area contributed by atoms with Crippen LogP contribution >= 0.6 is 0 Å². The highest BCUT2D eigenvalue weighted by molar-refractivity contribution is 7.91. The molecule has 0 saturated carbocycles. The van der Waals surface area contributed by atoms with Gasteiger partial charge in [-0.25, -0.2) is 8.42 Å². The molecule has 96 valence electrons. The molecule has 2 N–H and O–H groups in total. The van der Waals surface area contributed by atoms with E-state index < -0.39 is 9.84 Å². The molecule has 0 radical (unpaired) electrons. The number of hydrogen-bond acceptors (Lipinski definition) is 4. The molecular weight excluding hydrogens is 238 g/mol. The number of hydrogen-bond donors (Lipinski definition) is 1. The van der Waals surface area contributed by atoms with E-state index in [1.54, 1.807) is 27.0 Å². The Balaban J connectivity index is 3.51. The van der Waals surface area contributed by atoms with E-state index in [1.165, 1.54) is 0 Å². The summed E-state index contributed by atoms with van der Waals surface area (Å²) in [7, 11) is -1.72. The largest absolute Gasteiger partial charge is 0.496 e. The van der Waals surface area contributed by atoms with Crippen LogP contribution in [-0.2, 0) is 9.84 Å². The van der Waals surface area contributed by atoms with E-state index in [1.807, 2.05) is 6.92 Å². The fourth-order valence-electron chi connectivity index (χ4n) is 1.97. The smallest absolute Gasteiger partial charge is 0.180 e. The van der Waals surface area contributed by atoms with Crippen molar-refractivity contribution in [1.29, 1.82) is 0 Å². The maximum absolute atomic E-state index is 12.1. The average Bonchev–Trinajstić information content (AvgIpc) is 2.23. The van der Waals surface area contributed by atoms with Crippen LogP contribution in [0.1, 0.15) is 16.7 Å². The molecule has 1 aromatic rings. The second kappa shape index (κ2) is 5.06. The summed E-state index contributed by atoms with van der Waals surface area (Å²) in [6.45, 7) is 5.56. The van der Waals surface area contributed by atoms with Crippen molar-refractivity contribution in [2.24, 2.45) is 5.73 Å². The van der Waals surface area contributed by atoms with Crippen molar-refractivity contribution in [3.63, 3.8) is 0 Å². The lowest BCUT2D eigenvalue weighted by atomic mass is 10.1. The van der Waals surface area contributed by atoms with Crippen LogP contribution < -0.4 is 10.5 Å². The third-order valence-electron chi connectivity index (χ3n) is 2.90. The fraction of sp³-hybridized carbons (Fsp3) is 0.500. The van der Waals surface area contributed by atoms with Gasteiger partial charge in [0.1, 0.15) is 5.75 Å². The van der Waals surface area contributed by atoms with Crippen LogP contribution in [0.5, 0.6) is 5.75 Å². The number of benzene rings is 1. The van der Waals surface area contributed by atoms with Crippen LogP contribution in [0.3, 0.4) is 0 Å². The van der Waals surface area contributed by atoms with Gasteiger partial charge in [0.15, 0.2) is 9.84 Å². The zero-order valence-corrected chi connectivity index (χ0v) is 11.5. The molecule has 1 rings (SSSR count). The second-order valence-electron chi connectivity index (χ2n) is 4.08. The van der Waals surface area contributed by atoms with Crippen LogP contribution in [0.2, 0.25) is 0 Å². The van der Waals surface area contributed by atoms with Crippen molar-refractivity contribution in [2.45, 2.75) is 25.7 Å². The first-order valence-electron chi connectivity index (χ1n) is 5.42. The topological polar surface area (TPSA) is 69.4 Å². The number of rotatable bonds is 4. The van der Waals surface area contributed by atoms with Crippen molar-refractivity contribution < 1.29 is 13.2 Å². The molecule has 0 aliphatic rings. The molecule has 17 heavy (non-hydrogen) atoms. The zero-order chi connectivity index (χ0) is 13.2. The van der Waals surface area contributed by atoms with Crippen LogP contribution in [-0.4, -0.2) is 27.8 Å². The Kier molecular flexibility index (Phi) is 4.16. The van der Waals surface area contributed by atoms with Gasteiger partial charge in [-0.15, -0.1) is 0 Å². The van der Waals surface area contributed by atoms with Gasteiger partial charge >= 0.3 is 0 Å². The lowest BCUT2D eigenvalue weighted by molar-refractivity contribution is 0.410. The van der Waals surface area contributed by atoms with Crippen LogP contribution in [0.15, 0.2) is 11.0 Å². The number of aryl methyl sites for hydroxylation is 1. The highest BCUT2D eigenvalue weighted by Crippen LogP contribution is 2.30. The van der Waals surface area contributed by atoms with Gasteiger partial charge < -0.3 is 10.5 Å². The van der Waals surface area contributed by atoms with E-state index >= 15 is 0 Å². The average molecular weight is 257 g/mol. The molecule has 0 saturated heterocycles. The molecular formula is C12H19NO3S. The highest BCUT2D eigenvalue weighted by atomic mass is 32.2. The third-order valence-corrected chi connectivity index (χ3v) is 4.92. The number of methoxy groups -OCH3 is 1. The van der Waals surface area contributed by atoms with Crippen molar-refractivity contribution in [3.05, 3.63) is 22.8 Å². The SMILES string of the molecule is COc1cc(C)c(S(=O)(=O)CCN)c(C)c1C. The van der Waals surface area contributed by atoms with Crippen molar-refractivity contribution >= 4 is 9.84 Å². The maximum Gasteiger partial charge on any atom is 0.180 e. The normalized spacial score (nSPS) is 11.6. The summed E-state index contributed by atoms with van der Waals surface area (Å²) in [5, 5.41) is 0.